The van der Waals surface area contributed by atoms with Crippen molar-refractivity contribution in [2.24, 2.45) is 0 Å². The summed E-state index contributed by atoms with van der Waals surface area (Å²) in [6.45, 7) is 0.961. The molecule has 1 fully saturated rings. The molecule has 6 heteroatoms. The zero-order valence-electron chi connectivity index (χ0n) is 11.6. The van der Waals surface area contributed by atoms with Crippen LogP contribution in [0.1, 0.15) is 5.56 Å². The van der Waals surface area contributed by atoms with Crippen molar-refractivity contribution in [3.8, 4) is 0 Å². The zero-order valence-corrected chi connectivity index (χ0v) is 13.2. The van der Waals surface area contributed by atoms with Gasteiger partial charge in [-0.05, 0) is 17.7 Å². The molecule has 1 aromatic rings. The van der Waals surface area contributed by atoms with E-state index in [4.69, 9.17) is 9.47 Å². The lowest BCUT2D eigenvalue weighted by atomic mass is 10.2. The van der Waals surface area contributed by atoms with E-state index in [0.29, 0.717) is 13.2 Å². The Kier molecular flexibility index (Phi) is 5.52. The Morgan fingerprint density at radius 2 is 2.19 bits per heavy atom. The number of hydrogen-bond acceptors (Lipinski definition) is 4. The fourth-order valence-corrected chi connectivity index (χ4v) is 2.48. The summed E-state index contributed by atoms with van der Waals surface area (Å²) in [5.74, 6) is -0.693. The molecular formula is C15H16BrNO4. The van der Waals surface area contributed by atoms with E-state index >= 15 is 0 Å². The molecule has 1 saturated heterocycles. The topological polar surface area (TPSA) is 55.8 Å². The molecule has 1 unspecified atom stereocenters. The lowest BCUT2D eigenvalue weighted by molar-refractivity contribution is -0.158. The lowest BCUT2D eigenvalue weighted by Gasteiger charge is -2.32. The second-order valence-corrected chi connectivity index (χ2v) is 5.35. The number of carbonyl (C=O) groups is 2. The smallest absolute Gasteiger partial charge is 0.331 e. The minimum Gasteiger partial charge on any atom is -0.467 e. The van der Waals surface area contributed by atoms with Gasteiger partial charge in [0, 0.05) is 17.1 Å². The summed E-state index contributed by atoms with van der Waals surface area (Å²) < 4.78 is 10.9. The fourth-order valence-electron chi connectivity index (χ4n) is 2.07. The molecule has 1 aliphatic rings. The molecule has 1 amide bonds. The summed E-state index contributed by atoms with van der Waals surface area (Å²) >= 11 is 3.42. The number of morpholine rings is 1. The van der Waals surface area contributed by atoms with Crippen LogP contribution in [0.15, 0.2) is 34.8 Å². The first-order valence-electron chi connectivity index (χ1n) is 6.52. The van der Waals surface area contributed by atoms with Crippen molar-refractivity contribution in [3.05, 3.63) is 40.4 Å². The number of methoxy groups -OCH3 is 1. The van der Waals surface area contributed by atoms with E-state index in [9.17, 15) is 9.59 Å². The van der Waals surface area contributed by atoms with E-state index in [1.807, 2.05) is 24.3 Å². The largest absolute Gasteiger partial charge is 0.467 e. The fraction of sp³-hybridized carbons (Fsp3) is 0.333. The van der Waals surface area contributed by atoms with Crippen LogP contribution in [0, 0.1) is 0 Å². The lowest BCUT2D eigenvalue weighted by Crippen LogP contribution is -2.52. The molecule has 1 aromatic carbocycles. The minimum atomic E-state index is -0.680. The van der Waals surface area contributed by atoms with Gasteiger partial charge in [-0.15, -0.1) is 0 Å². The van der Waals surface area contributed by atoms with Gasteiger partial charge in [0.1, 0.15) is 0 Å². The van der Waals surface area contributed by atoms with E-state index < -0.39 is 12.0 Å². The van der Waals surface area contributed by atoms with Crippen LogP contribution in [0.5, 0.6) is 0 Å². The van der Waals surface area contributed by atoms with Crippen LogP contribution in [-0.4, -0.2) is 49.7 Å². The van der Waals surface area contributed by atoms with Gasteiger partial charge in [-0.2, -0.15) is 0 Å². The van der Waals surface area contributed by atoms with Crippen LogP contribution in [-0.2, 0) is 19.1 Å². The second-order valence-electron chi connectivity index (χ2n) is 4.50. The normalized spacial score (nSPS) is 18.8. The van der Waals surface area contributed by atoms with Gasteiger partial charge >= 0.3 is 5.97 Å². The third-order valence-electron chi connectivity index (χ3n) is 3.20. The quantitative estimate of drug-likeness (QED) is 0.614. The molecule has 0 bridgehead atoms. The van der Waals surface area contributed by atoms with Crippen molar-refractivity contribution in [2.45, 2.75) is 6.04 Å². The Bertz CT molecular complexity index is 558. The molecule has 112 valence electrons. The predicted molar refractivity (Wildman–Crippen MR) is 81.5 cm³/mol. The van der Waals surface area contributed by atoms with E-state index in [1.165, 1.54) is 18.1 Å². The number of ether oxygens (including phenoxy) is 2. The average Bonchev–Trinajstić information content (AvgIpc) is 2.53. The molecule has 1 atom stereocenters. The van der Waals surface area contributed by atoms with Gasteiger partial charge in [0.05, 0.1) is 20.3 Å². The number of rotatable bonds is 3. The first-order chi connectivity index (χ1) is 10.1. The van der Waals surface area contributed by atoms with Crippen molar-refractivity contribution in [1.29, 1.82) is 0 Å². The van der Waals surface area contributed by atoms with Crippen LogP contribution in [0.25, 0.3) is 6.08 Å². The molecule has 0 spiro atoms. The Morgan fingerprint density at radius 1 is 1.43 bits per heavy atom. The highest BCUT2D eigenvalue weighted by molar-refractivity contribution is 9.10. The summed E-state index contributed by atoms with van der Waals surface area (Å²) in [7, 11) is 1.30. The van der Waals surface area contributed by atoms with Crippen LogP contribution in [0.2, 0.25) is 0 Å². The first kappa shape index (κ1) is 15.7. The van der Waals surface area contributed by atoms with E-state index in [0.717, 1.165) is 10.0 Å². The highest BCUT2D eigenvalue weighted by Crippen LogP contribution is 2.18. The Hall–Kier alpha value is -1.66. The Balaban J connectivity index is 2.11. The van der Waals surface area contributed by atoms with Crippen LogP contribution in [0.4, 0.5) is 0 Å². The molecule has 1 aliphatic heterocycles. The van der Waals surface area contributed by atoms with E-state index in [1.54, 1.807) is 6.08 Å². The minimum absolute atomic E-state index is 0.168. The summed E-state index contributed by atoms with van der Waals surface area (Å²) in [6, 6.07) is 6.90. The monoisotopic (exact) mass is 353 g/mol. The standard InChI is InChI=1S/C15H16BrNO4/c1-20-15(19)13-10-21-9-8-17(13)14(18)7-6-11-4-2-3-5-12(11)16/h2-7,13H,8-10H2,1H3/b7-6+. The van der Waals surface area contributed by atoms with Gasteiger partial charge in [0.2, 0.25) is 5.91 Å². The Labute approximate surface area is 131 Å². The van der Waals surface area contributed by atoms with Crippen molar-refractivity contribution >= 4 is 33.9 Å². The van der Waals surface area contributed by atoms with Crippen LogP contribution >= 0.6 is 15.9 Å². The molecule has 21 heavy (non-hydrogen) atoms. The maximum absolute atomic E-state index is 12.3. The highest BCUT2D eigenvalue weighted by Gasteiger charge is 2.32. The van der Waals surface area contributed by atoms with Crippen LogP contribution in [0.3, 0.4) is 0 Å². The highest BCUT2D eigenvalue weighted by atomic mass is 79.9. The van der Waals surface area contributed by atoms with Gasteiger partial charge in [0.25, 0.3) is 0 Å². The SMILES string of the molecule is COC(=O)C1COCCN1C(=O)/C=C/c1ccccc1Br. The molecule has 1 heterocycles. The summed E-state index contributed by atoms with van der Waals surface area (Å²) in [5, 5.41) is 0. The van der Waals surface area contributed by atoms with Gasteiger partial charge in [-0.1, -0.05) is 34.1 Å². The molecule has 0 aliphatic carbocycles. The second kappa shape index (κ2) is 7.38. The molecular weight excluding hydrogens is 338 g/mol. The van der Waals surface area contributed by atoms with Crippen molar-refractivity contribution in [1.82, 2.24) is 4.90 Å². The van der Waals surface area contributed by atoms with Crippen molar-refractivity contribution in [2.75, 3.05) is 26.9 Å². The third-order valence-corrected chi connectivity index (χ3v) is 3.92. The van der Waals surface area contributed by atoms with Crippen LogP contribution < -0.4 is 0 Å². The molecule has 0 N–H and O–H groups in total. The van der Waals surface area contributed by atoms with Crippen molar-refractivity contribution in [3.63, 3.8) is 0 Å². The molecule has 0 saturated carbocycles. The molecule has 5 nitrogen and oxygen atoms in total. The zero-order chi connectivity index (χ0) is 15.2. The number of amides is 1. The first-order valence-corrected chi connectivity index (χ1v) is 7.31. The van der Waals surface area contributed by atoms with Gasteiger partial charge in [0.15, 0.2) is 6.04 Å². The third kappa shape index (κ3) is 3.92. The number of nitrogens with zero attached hydrogens (tertiary/aromatic N) is 1. The Morgan fingerprint density at radius 3 is 2.90 bits per heavy atom. The summed E-state index contributed by atoms with van der Waals surface area (Å²) in [5.41, 5.74) is 0.897. The van der Waals surface area contributed by atoms with E-state index in [2.05, 4.69) is 15.9 Å². The number of esters is 1. The van der Waals surface area contributed by atoms with E-state index in [-0.39, 0.29) is 12.5 Å². The maximum Gasteiger partial charge on any atom is 0.331 e. The molecule has 0 aromatic heterocycles. The predicted octanol–water partition coefficient (Wildman–Crippen LogP) is 1.86. The van der Waals surface area contributed by atoms with Gasteiger partial charge in [-0.3, -0.25) is 4.79 Å². The van der Waals surface area contributed by atoms with Crippen molar-refractivity contribution < 1.29 is 19.1 Å². The maximum atomic E-state index is 12.3. The number of benzene rings is 1. The number of carbonyl (C=O) groups excluding carboxylic acids is 2. The molecule has 0 radical (unpaired) electrons. The number of halogens is 1. The number of hydrogen-bond donors (Lipinski definition) is 0. The molecule has 2 rings (SSSR count). The summed E-state index contributed by atoms with van der Waals surface area (Å²) in [4.78, 5) is 25.4. The van der Waals surface area contributed by atoms with Gasteiger partial charge in [-0.25, -0.2) is 4.79 Å². The van der Waals surface area contributed by atoms with Gasteiger partial charge < -0.3 is 14.4 Å². The average molecular weight is 354 g/mol. The summed E-state index contributed by atoms with van der Waals surface area (Å²) in [6.07, 6.45) is 3.18.